The molecule has 2 aromatic rings. The lowest BCUT2D eigenvalue weighted by Gasteiger charge is -2.39. The summed E-state index contributed by atoms with van der Waals surface area (Å²) in [5.74, 6) is -1.58. The van der Waals surface area contributed by atoms with Gasteiger partial charge in [-0.3, -0.25) is 14.9 Å². The van der Waals surface area contributed by atoms with Gasteiger partial charge in [-0.25, -0.2) is 22.5 Å². The van der Waals surface area contributed by atoms with Crippen LogP contribution < -0.4 is 0 Å². The second-order valence-electron chi connectivity index (χ2n) is 8.98. The number of non-ortho nitro benzene ring substituents is 1. The Morgan fingerprint density at radius 1 is 1.19 bits per heavy atom. The molecule has 2 unspecified atom stereocenters. The predicted molar refractivity (Wildman–Crippen MR) is 137 cm³/mol. The summed E-state index contributed by atoms with van der Waals surface area (Å²) in [5, 5.41) is 11.4. The third-order valence-electron chi connectivity index (χ3n) is 5.97. The number of carbonyl (C=O) groups excluding carboxylic acids is 2. The van der Waals surface area contributed by atoms with E-state index in [-0.39, 0.29) is 35.8 Å². The van der Waals surface area contributed by atoms with Crippen LogP contribution in [0.25, 0.3) is 0 Å². The fraction of sp³-hybridized carbons (Fsp3) is 0.400. The first-order valence-corrected chi connectivity index (χ1v) is 13.2. The van der Waals surface area contributed by atoms with Gasteiger partial charge in [0.25, 0.3) is 5.69 Å². The van der Waals surface area contributed by atoms with Crippen molar-refractivity contribution in [2.45, 2.75) is 44.2 Å². The molecule has 37 heavy (non-hydrogen) atoms. The number of nitrogens with zero attached hydrogens (tertiary/aromatic N) is 4. The first kappa shape index (κ1) is 27.9. The van der Waals surface area contributed by atoms with Crippen molar-refractivity contribution < 1.29 is 27.7 Å². The number of nitro groups is 1. The molecule has 1 heterocycles. The zero-order valence-electron chi connectivity index (χ0n) is 21.1. The molecular formula is C25H30N4O7S. The first-order valence-electron chi connectivity index (χ1n) is 11.8. The predicted octanol–water partition coefficient (Wildman–Crippen LogP) is 3.81. The van der Waals surface area contributed by atoms with E-state index in [9.17, 15) is 28.1 Å². The van der Waals surface area contributed by atoms with Crippen molar-refractivity contribution >= 4 is 33.4 Å². The number of sulfonamides is 1. The van der Waals surface area contributed by atoms with Crippen molar-refractivity contribution in [3.63, 3.8) is 0 Å². The highest BCUT2D eigenvalue weighted by Gasteiger charge is 2.43. The number of urea groups is 1. The van der Waals surface area contributed by atoms with Crippen LogP contribution in [-0.2, 0) is 19.6 Å². The van der Waals surface area contributed by atoms with E-state index < -0.39 is 45.0 Å². The SMILES string of the molecule is CC1=NC(=O)N(CCCN(C)S(=O)(=O)c2ccccc2)C(c2cccc([N+](=O)[O-])c2)C1C(=O)OC(C)C. The summed E-state index contributed by atoms with van der Waals surface area (Å²) in [6, 6.07) is 12.2. The van der Waals surface area contributed by atoms with E-state index >= 15 is 0 Å². The van der Waals surface area contributed by atoms with Crippen LogP contribution in [0, 0.1) is 16.0 Å². The van der Waals surface area contributed by atoms with Gasteiger partial charge in [-0.05, 0) is 44.9 Å². The van der Waals surface area contributed by atoms with Crippen LogP contribution in [0.2, 0.25) is 0 Å². The van der Waals surface area contributed by atoms with E-state index in [2.05, 4.69) is 4.99 Å². The summed E-state index contributed by atoms with van der Waals surface area (Å²) < 4.78 is 32.3. The molecule has 0 N–H and O–H groups in total. The second kappa shape index (κ2) is 11.6. The zero-order valence-corrected chi connectivity index (χ0v) is 21.9. The maximum absolute atomic E-state index is 13.1. The zero-order chi connectivity index (χ0) is 27.3. The van der Waals surface area contributed by atoms with Gasteiger partial charge in [-0.2, -0.15) is 0 Å². The molecular weight excluding hydrogens is 500 g/mol. The van der Waals surface area contributed by atoms with E-state index in [0.29, 0.717) is 5.56 Å². The van der Waals surface area contributed by atoms with Crippen LogP contribution in [0.4, 0.5) is 10.5 Å². The molecule has 0 radical (unpaired) electrons. The number of benzene rings is 2. The lowest BCUT2D eigenvalue weighted by Crippen LogP contribution is -2.48. The topological polar surface area (TPSA) is 139 Å². The number of aliphatic imine (C=N–C) groups is 1. The van der Waals surface area contributed by atoms with E-state index in [1.54, 1.807) is 45.0 Å². The fourth-order valence-electron chi connectivity index (χ4n) is 4.20. The molecule has 2 amide bonds. The first-order chi connectivity index (χ1) is 17.4. The number of nitro benzene ring substituents is 1. The molecule has 0 saturated carbocycles. The van der Waals surface area contributed by atoms with Crippen molar-refractivity contribution in [3.05, 3.63) is 70.3 Å². The summed E-state index contributed by atoms with van der Waals surface area (Å²) >= 11 is 0. The summed E-state index contributed by atoms with van der Waals surface area (Å²) in [6.07, 6.45) is -0.186. The van der Waals surface area contributed by atoms with Crippen molar-refractivity contribution in [1.82, 2.24) is 9.21 Å². The number of carbonyl (C=O) groups is 2. The average molecular weight is 531 g/mol. The van der Waals surface area contributed by atoms with Crippen LogP contribution in [0.1, 0.15) is 38.8 Å². The molecule has 3 rings (SSSR count). The molecule has 2 aromatic carbocycles. The van der Waals surface area contributed by atoms with Crippen LogP contribution >= 0.6 is 0 Å². The number of ether oxygens (including phenoxy) is 1. The number of rotatable bonds is 10. The Labute approximate surface area is 215 Å². The van der Waals surface area contributed by atoms with Crippen molar-refractivity contribution in [1.29, 1.82) is 0 Å². The largest absolute Gasteiger partial charge is 0.462 e. The van der Waals surface area contributed by atoms with Gasteiger partial charge in [0, 0.05) is 38.0 Å². The third-order valence-corrected chi connectivity index (χ3v) is 7.84. The molecule has 0 aromatic heterocycles. The molecule has 1 aliphatic heterocycles. The molecule has 12 heteroatoms. The number of hydrogen-bond acceptors (Lipinski definition) is 7. The molecule has 0 fully saturated rings. The molecule has 0 saturated heterocycles. The Bertz CT molecular complexity index is 1300. The average Bonchev–Trinajstić information content (AvgIpc) is 2.84. The Morgan fingerprint density at radius 2 is 1.86 bits per heavy atom. The van der Waals surface area contributed by atoms with Gasteiger partial charge in [0.15, 0.2) is 0 Å². The third kappa shape index (κ3) is 6.38. The minimum absolute atomic E-state index is 0.0586. The number of amides is 2. The Kier molecular flexibility index (Phi) is 8.77. The Hall–Kier alpha value is -3.64. The lowest BCUT2D eigenvalue weighted by atomic mass is 9.86. The van der Waals surface area contributed by atoms with Gasteiger partial charge in [0.05, 0.1) is 22.0 Å². The van der Waals surface area contributed by atoms with Crippen LogP contribution in [0.3, 0.4) is 0 Å². The van der Waals surface area contributed by atoms with Gasteiger partial charge in [0.1, 0.15) is 5.92 Å². The van der Waals surface area contributed by atoms with Crippen molar-refractivity contribution in [2.24, 2.45) is 10.9 Å². The highest BCUT2D eigenvalue weighted by atomic mass is 32.2. The van der Waals surface area contributed by atoms with Crippen LogP contribution in [-0.4, -0.2) is 66.5 Å². The smallest absolute Gasteiger partial charge is 0.344 e. The molecule has 0 aliphatic carbocycles. The maximum atomic E-state index is 13.1. The van der Waals surface area contributed by atoms with E-state index in [1.165, 1.54) is 46.6 Å². The second-order valence-corrected chi connectivity index (χ2v) is 11.0. The number of hydrogen-bond donors (Lipinski definition) is 0. The quantitative estimate of drug-likeness (QED) is 0.258. The van der Waals surface area contributed by atoms with Gasteiger partial charge >= 0.3 is 12.0 Å². The molecule has 0 spiro atoms. The standard InChI is InChI=1S/C25H30N4O7S/c1-17(2)36-24(30)22-18(3)26-25(31)28(23(22)19-10-8-11-20(16-19)29(32)33)15-9-14-27(4)37(34,35)21-12-6-5-7-13-21/h5-8,10-13,16-17,22-23H,9,14-15H2,1-4H3. The summed E-state index contributed by atoms with van der Waals surface area (Å²) in [5.41, 5.74) is 0.440. The Balaban J connectivity index is 1.90. The molecule has 198 valence electrons. The van der Waals surface area contributed by atoms with Crippen molar-refractivity contribution in [3.8, 4) is 0 Å². The normalized spacial score (nSPS) is 18.2. The van der Waals surface area contributed by atoms with E-state index in [1.807, 2.05) is 0 Å². The van der Waals surface area contributed by atoms with E-state index in [0.717, 1.165) is 0 Å². The number of esters is 1. The summed E-state index contributed by atoms with van der Waals surface area (Å²) in [7, 11) is -2.28. The van der Waals surface area contributed by atoms with Gasteiger partial charge in [-0.15, -0.1) is 0 Å². The van der Waals surface area contributed by atoms with Gasteiger partial charge in [0.2, 0.25) is 10.0 Å². The minimum Gasteiger partial charge on any atom is -0.462 e. The van der Waals surface area contributed by atoms with E-state index in [4.69, 9.17) is 4.74 Å². The molecule has 0 bridgehead atoms. The van der Waals surface area contributed by atoms with Gasteiger partial charge in [-0.1, -0.05) is 30.3 Å². The van der Waals surface area contributed by atoms with Gasteiger partial charge < -0.3 is 9.64 Å². The molecule has 1 aliphatic rings. The highest BCUT2D eigenvalue weighted by molar-refractivity contribution is 7.89. The summed E-state index contributed by atoms with van der Waals surface area (Å²) in [6.45, 7) is 5.09. The lowest BCUT2D eigenvalue weighted by molar-refractivity contribution is -0.385. The summed E-state index contributed by atoms with van der Waals surface area (Å²) in [4.78, 5) is 42.5. The van der Waals surface area contributed by atoms with Crippen LogP contribution in [0.15, 0.2) is 64.5 Å². The Morgan fingerprint density at radius 3 is 2.49 bits per heavy atom. The minimum atomic E-state index is -3.73. The monoisotopic (exact) mass is 530 g/mol. The molecule has 2 atom stereocenters. The van der Waals surface area contributed by atoms with Crippen molar-refractivity contribution in [2.75, 3.05) is 20.1 Å². The highest BCUT2D eigenvalue weighted by Crippen LogP contribution is 2.36. The maximum Gasteiger partial charge on any atom is 0.344 e. The van der Waals surface area contributed by atoms with Crippen LogP contribution in [0.5, 0.6) is 0 Å². The fourth-order valence-corrected chi connectivity index (χ4v) is 5.43. The molecule has 11 nitrogen and oxygen atoms in total.